The molecule has 24 rings (SSSR count). The van der Waals surface area contributed by atoms with Gasteiger partial charge in [-0.1, -0.05) is 170 Å². The van der Waals surface area contributed by atoms with Gasteiger partial charge in [-0.3, -0.25) is 4.90 Å². The molecule has 0 radical (unpaired) electrons. The van der Waals surface area contributed by atoms with Crippen LogP contribution < -0.4 is 26.2 Å². The summed E-state index contributed by atoms with van der Waals surface area (Å²) in [5.74, 6) is 0.699. The van der Waals surface area contributed by atoms with Gasteiger partial charge < -0.3 is 25.7 Å². The fourth-order valence-corrected chi connectivity index (χ4v) is 10.5. The summed E-state index contributed by atoms with van der Waals surface area (Å²) in [6, 6.07) is 87.8. The molecule has 356 valence electrons. The van der Waals surface area contributed by atoms with Crippen LogP contribution in [-0.4, -0.2) is 0 Å². The Kier molecular flexibility index (Phi) is 11.8. The van der Waals surface area contributed by atoms with E-state index in [1.54, 1.807) is 6.26 Å². The van der Waals surface area contributed by atoms with Crippen LogP contribution in [0.15, 0.2) is 253 Å². The number of furan rings is 1. The summed E-state index contributed by atoms with van der Waals surface area (Å²) < 4.78 is 6.18. The minimum absolute atomic E-state index is 0.699. The zero-order chi connectivity index (χ0) is 49.2. The molecule has 10 aromatic carbocycles. The van der Waals surface area contributed by atoms with Crippen molar-refractivity contribution < 1.29 is 4.42 Å². The molecule has 0 amide bonds. The van der Waals surface area contributed by atoms with Gasteiger partial charge in [0.1, 0.15) is 0 Å². The van der Waals surface area contributed by atoms with Crippen LogP contribution in [-0.2, 0) is 25.7 Å². The highest BCUT2D eigenvalue weighted by atomic mass is 16.3. The smallest absolute Gasteiger partial charge is 0.204 e. The van der Waals surface area contributed by atoms with E-state index < -0.39 is 0 Å². The van der Waals surface area contributed by atoms with Gasteiger partial charge in [0.25, 0.3) is 0 Å². The summed E-state index contributed by atoms with van der Waals surface area (Å²) in [4.78, 5) is 2.15. The quantitative estimate of drug-likeness (QED) is 0.131. The van der Waals surface area contributed by atoms with E-state index in [-0.39, 0.29) is 0 Å². The molecule has 74 heavy (non-hydrogen) atoms. The first-order valence-electron chi connectivity index (χ1n) is 25.6. The normalized spacial score (nSPS) is 12.8. The lowest BCUT2D eigenvalue weighted by atomic mass is 9.92. The maximum atomic E-state index is 6.18. The molecule has 0 spiro atoms. The van der Waals surface area contributed by atoms with Gasteiger partial charge in [-0.05, 0) is 137 Å². The Morgan fingerprint density at radius 2 is 0.635 bits per heavy atom. The van der Waals surface area contributed by atoms with Gasteiger partial charge in [-0.25, -0.2) is 0 Å². The van der Waals surface area contributed by atoms with Crippen LogP contribution in [0.4, 0.5) is 62.8 Å². The Morgan fingerprint density at radius 3 is 0.973 bits per heavy atom. The minimum Gasteiger partial charge on any atom is -0.448 e. The largest absolute Gasteiger partial charge is 0.448 e. The molecule has 6 aliphatic heterocycles. The Hall–Kier alpha value is -9.52. The second-order valence-corrected chi connectivity index (χ2v) is 19.2. The molecule has 0 saturated carbocycles. The standard InChI is InChI=1S/C68H53N5O/c1-3-20-64-62(18-1)69-54-10-5-12-56(44-54)73(66-22-9-43-74-66)57-13-6-11-55(45-57)70-63-19-2-4-21-65(63)72-68-60-16-8-17-61(68)53-41-33-49(34-42-53)26-24-47-29-37-51(38-30-47)59-15-7-14-58(67(59)71-64)50-35-27-46(28-36-50)23-25-48-31-39-52(60)40-32-48/h1-22,27-45,69-72H,23-26H2. The number of para-hydroxylation sites is 6. The fourth-order valence-electron chi connectivity index (χ4n) is 10.5. The van der Waals surface area contributed by atoms with Crippen molar-refractivity contribution in [3.8, 4) is 44.5 Å². The summed E-state index contributed by atoms with van der Waals surface area (Å²) >= 11 is 0. The van der Waals surface area contributed by atoms with Crippen molar-refractivity contribution in [1.29, 1.82) is 0 Å². The van der Waals surface area contributed by atoms with Gasteiger partial charge in [0.05, 0.1) is 51.8 Å². The van der Waals surface area contributed by atoms with Crippen molar-refractivity contribution >= 4 is 62.8 Å². The van der Waals surface area contributed by atoms with Crippen molar-refractivity contribution in [2.75, 3.05) is 26.2 Å². The van der Waals surface area contributed by atoms with E-state index >= 15 is 0 Å². The third kappa shape index (κ3) is 9.06. The Bertz CT molecular complexity index is 3400. The number of anilines is 11. The number of aryl methyl sites for hydroxylation is 4. The molecule has 6 heteroatoms. The van der Waals surface area contributed by atoms with Gasteiger partial charge in [0.15, 0.2) is 0 Å². The van der Waals surface area contributed by atoms with E-state index in [1.807, 2.05) is 12.1 Å². The van der Waals surface area contributed by atoms with E-state index in [4.69, 9.17) is 4.42 Å². The molecule has 18 bridgehead atoms. The summed E-state index contributed by atoms with van der Waals surface area (Å²) in [6.45, 7) is 0. The maximum Gasteiger partial charge on any atom is 0.204 e. The summed E-state index contributed by atoms with van der Waals surface area (Å²) in [5, 5.41) is 15.6. The van der Waals surface area contributed by atoms with Crippen LogP contribution in [0.2, 0.25) is 0 Å². The van der Waals surface area contributed by atoms with E-state index in [2.05, 4.69) is 257 Å². The summed E-state index contributed by atoms with van der Waals surface area (Å²) in [7, 11) is 0. The van der Waals surface area contributed by atoms with E-state index in [0.717, 1.165) is 127 Å². The van der Waals surface area contributed by atoms with Gasteiger partial charge in [0.2, 0.25) is 5.88 Å². The van der Waals surface area contributed by atoms with Crippen LogP contribution >= 0.6 is 0 Å². The highest BCUT2D eigenvalue weighted by Gasteiger charge is 2.20. The number of hydrogen-bond donors (Lipinski definition) is 4. The SMILES string of the molecule is c1cc2cc(c1)N(c1ccco1)c1cccc(c1)Nc1ccccc1Nc1c3cccc1-c1ccc(cc1)CCc1ccc(cc1)-c1cccc(c1Nc1ccccc1N2)-c1ccc(cc1)CCc1ccc-3cc1. The van der Waals surface area contributed by atoms with Crippen LogP contribution in [0.3, 0.4) is 0 Å². The third-order valence-electron chi connectivity index (χ3n) is 14.5. The van der Waals surface area contributed by atoms with E-state index in [1.165, 1.54) is 22.3 Å². The minimum atomic E-state index is 0.699. The predicted octanol–water partition coefficient (Wildman–Crippen LogP) is 18.6. The molecule has 7 heterocycles. The molecular weight excluding hydrogens is 903 g/mol. The molecule has 11 aromatic rings. The van der Waals surface area contributed by atoms with Crippen molar-refractivity contribution in [1.82, 2.24) is 0 Å². The van der Waals surface area contributed by atoms with Crippen LogP contribution in [0.5, 0.6) is 0 Å². The summed E-state index contributed by atoms with van der Waals surface area (Å²) in [6.07, 6.45) is 5.45. The molecule has 1 aromatic heterocycles. The van der Waals surface area contributed by atoms with Crippen molar-refractivity contribution in [3.05, 3.63) is 271 Å². The van der Waals surface area contributed by atoms with Crippen LogP contribution in [0.25, 0.3) is 44.5 Å². The highest BCUT2D eigenvalue weighted by molar-refractivity contribution is 5.97. The third-order valence-corrected chi connectivity index (χ3v) is 14.5. The van der Waals surface area contributed by atoms with Crippen LogP contribution in [0, 0.1) is 0 Å². The fraction of sp³-hybridized carbons (Fsp3) is 0.0588. The molecular formula is C68H53N5O. The Labute approximate surface area is 432 Å². The molecule has 4 N–H and O–H groups in total. The lowest BCUT2D eigenvalue weighted by Crippen LogP contribution is -2.10. The number of benzene rings is 10. The zero-order valence-corrected chi connectivity index (χ0v) is 40.9. The lowest BCUT2D eigenvalue weighted by Gasteiger charge is -2.24. The van der Waals surface area contributed by atoms with Gasteiger partial charge in [-0.15, -0.1) is 0 Å². The molecule has 0 saturated heterocycles. The predicted molar refractivity (Wildman–Crippen MR) is 309 cm³/mol. The Balaban J connectivity index is 1.01. The maximum absolute atomic E-state index is 6.18. The van der Waals surface area contributed by atoms with Crippen molar-refractivity contribution in [3.63, 3.8) is 0 Å². The molecule has 7 aliphatic carbocycles. The average Bonchev–Trinajstić information content (AvgIpc) is 3.99. The average molecular weight is 956 g/mol. The van der Waals surface area contributed by atoms with Gasteiger partial charge in [-0.2, -0.15) is 0 Å². The number of hydrogen-bond acceptors (Lipinski definition) is 6. The molecule has 0 unspecified atom stereocenters. The van der Waals surface area contributed by atoms with Gasteiger partial charge >= 0.3 is 0 Å². The number of nitrogens with zero attached hydrogens (tertiary/aromatic N) is 1. The molecule has 13 aliphatic rings. The first kappa shape index (κ1) is 44.4. The molecule has 0 fully saturated rings. The van der Waals surface area contributed by atoms with Gasteiger partial charge in [0, 0.05) is 39.7 Å². The van der Waals surface area contributed by atoms with Crippen molar-refractivity contribution in [2.45, 2.75) is 25.7 Å². The number of rotatable bonds is 1. The topological polar surface area (TPSA) is 64.5 Å². The summed E-state index contributed by atoms with van der Waals surface area (Å²) in [5.41, 5.74) is 24.0. The van der Waals surface area contributed by atoms with E-state index in [9.17, 15) is 0 Å². The number of nitrogens with one attached hydrogen (secondary N) is 4. The first-order chi connectivity index (χ1) is 36.6. The molecule has 6 nitrogen and oxygen atoms in total. The van der Waals surface area contributed by atoms with Crippen LogP contribution in [0.1, 0.15) is 22.3 Å². The second kappa shape index (κ2) is 19.6. The zero-order valence-electron chi connectivity index (χ0n) is 40.9. The van der Waals surface area contributed by atoms with Crippen molar-refractivity contribution in [2.24, 2.45) is 0 Å². The Morgan fingerprint density at radius 1 is 0.297 bits per heavy atom. The first-order valence-corrected chi connectivity index (χ1v) is 25.6. The molecule has 0 atom stereocenters. The highest BCUT2D eigenvalue weighted by Crippen LogP contribution is 2.45. The van der Waals surface area contributed by atoms with E-state index in [0.29, 0.717) is 5.88 Å². The monoisotopic (exact) mass is 955 g/mol. The second-order valence-electron chi connectivity index (χ2n) is 19.2. The lowest BCUT2D eigenvalue weighted by molar-refractivity contribution is 0.574.